The first kappa shape index (κ1) is 35.8. The van der Waals surface area contributed by atoms with Gasteiger partial charge >= 0.3 is 0 Å². The minimum absolute atomic E-state index is 0.0280. The maximum atomic E-state index is 10.9. The molecule has 3 aliphatic heterocycles. The van der Waals surface area contributed by atoms with Crippen LogP contribution in [-0.4, -0.2) is 197 Å². The number of nitrogens with two attached hydrogens (primary N) is 1. The lowest BCUT2D eigenvalue weighted by Crippen LogP contribution is -2.68. The first-order valence-electron chi connectivity index (χ1n) is 14.2. The quantitative estimate of drug-likeness (QED) is 0.104. The molecule has 1 aliphatic carbocycles. The lowest BCUT2D eigenvalue weighted by molar-refractivity contribution is -0.367. The molecule has 3 saturated heterocycles. The van der Waals surface area contributed by atoms with Gasteiger partial charge in [0.25, 0.3) is 0 Å². The van der Waals surface area contributed by atoms with Gasteiger partial charge in [0.2, 0.25) is 0 Å². The van der Waals surface area contributed by atoms with Gasteiger partial charge in [-0.05, 0) is 12.5 Å². The Bertz CT molecular complexity index is 962. The van der Waals surface area contributed by atoms with Gasteiger partial charge < -0.3 is 96.0 Å². The molecule has 19 heteroatoms. The Kier molecular flexibility index (Phi) is 12.1. The predicted octanol–water partition coefficient (Wildman–Crippen LogP) is -8.60. The molecule has 0 bridgehead atoms. The second-order valence-electron chi connectivity index (χ2n) is 11.4. The van der Waals surface area contributed by atoms with Gasteiger partial charge in [-0.15, -0.1) is 0 Å². The number of hydrogen-bond donors (Lipinski definition) is 14. The van der Waals surface area contributed by atoms with Crippen LogP contribution >= 0.6 is 0 Å². The Labute approximate surface area is 251 Å². The van der Waals surface area contributed by atoms with Gasteiger partial charge in [0.15, 0.2) is 12.6 Å². The van der Waals surface area contributed by atoms with Crippen LogP contribution in [0.3, 0.4) is 0 Å². The van der Waals surface area contributed by atoms with Gasteiger partial charge in [0.1, 0.15) is 85.6 Å². The fourth-order valence-corrected chi connectivity index (χ4v) is 5.86. The van der Waals surface area contributed by atoms with Crippen molar-refractivity contribution < 1.29 is 85.0 Å². The van der Waals surface area contributed by atoms with E-state index in [4.69, 9.17) is 29.4 Å². The van der Waals surface area contributed by atoms with E-state index in [2.05, 4.69) is 5.32 Å². The molecule has 15 N–H and O–H groups in total. The van der Waals surface area contributed by atoms with Crippen LogP contribution in [0.25, 0.3) is 0 Å². The summed E-state index contributed by atoms with van der Waals surface area (Å²) in [6.07, 6.45) is -25.3. The van der Waals surface area contributed by atoms with Crippen molar-refractivity contribution >= 4 is 0 Å². The fourth-order valence-electron chi connectivity index (χ4n) is 5.86. The molecule has 11 unspecified atom stereocenters. The van der Waals surface area contributed by atoms with Crippen LogP contribution in [0, 0.1) is 0 Å². The molecular formula is C25H44N2O17. The SMILES string of the molecule is CC1O[C@@H](O[C@H]2C(CO)O[C@@H](O[C@H]3C(CO)O[C@@H](N)C(O)C3O)C(O)C2O)C(O)C(O)[C@H]1N[C@@H]1C=C(CO)[C@H](O)C(O)C1O. The smallest absolute Gasteiger partial charge is 0.187 e. The molecule has 4 rings (SSSR count). The van der Waals surface area contributed by atoms with Gasteiger partial charge in [-0.2, -0.15) is 0 Å². The van der Waals surface area contributed by atoms with Crippen LogP contribution in [0.4, 0.5) is 0 Å². The molecule has 0 amide bonds. The van der Waals surface area contributed by atoms with Crippen molar-refractivity contribution in [2.45, 2.75) is 123 Å². The molecule has 256 valence electrons. The number of aliphatic hydroxyl groups excluding tert-OH is 12. The van der Waals surface area contributed by atoms with Crippen molar-refractivity contribution in [2.24, 2.45) is 5.73 Å². The molecule has 0 aromatic heterocycles. The third-order valence-corrected chi connectivity index (χ3v) is 8.54. The van der Waals surface area contributed by atoms with Crippen LogP contribution in [0.2, 0.25) is 0 Å². The zero-order chi connectivity index (χ0) is 32.6. The van der Waals surface area contributed by atoms with Crippen molar-refractivity contribution in [3.8, 4) is 0 Å². The Morgan fingerprint density at radius 2 is 1.20 bits per heavy atom. The van der Waals surface area contributed by atoms with E-state index >= 15 is 0 Å². The summed E-state index contributed by atoms with van der Waals surface area (Å²) in [5.41, 5.74) is 5.61. The molecule has 3 fully saturated rings. The zero-order valence-corrected chi connectivity index (χ0v) is 23.7. The number of rotatable bonds is 9. The van der Waals surface area contributed by atoms with Crippen LogP contribution in [-0.2, 0) is 23.7 Å². The fraction of sp³-hybridized carbons (Fsp3) is 0.920. The van der Waals surface area contributed by atoms with E-state index in [9.17, 15) is 61.3 Å². The van der Waals surface area contributed by atoms with Gasteiger partial charge in [-0.25, -0.2) is 0 Å². The second-order valence-corrected chi connectivity index (χ2v) is 11.4. The first-order chi connectivity index (χ1) is 20.7. The summed E-state index contributed by atoms with van der Waals surface area (Å²) in [7, 11) is 0. The maximum absolute atomic E-state index is 10.9. The maximum Gasteiger partial charge on any atom is 0.187 e. The Hall–Kier alpha value is -1.02. The molecule has 0 aromatic rings. The van der Waals surface area contributed by atoms with Gasteiger partial charge in [-0.3, -0.25) is 0 Å². The summed E-state index contributed by atoms with van der Waals surface area (Å²) in [6.45, 7) is -0.639. The van der Waals surface area contributed by atoms with Crippen molar-refractivity contribution in [1.29, 1.82) is 0 Å². The van der Waals surface area contributed by atoms with E-state index < -0.39 is 136 Å². The molecule has 19 atom stereocenters. The normalized spacial score (nSPS) is 52.0. The summed E-state index contributed by atoms with van der Waals surface area (Å²) in [6, 6.07) is -2.15. The zero-order valence-electron chi connectivity index (χ0n) is 23.7. The number of ether oxygens (including phenoxy) is 5. The number of hydrogen-bond acceptors (Lipinski definition) is 19. The lowest BCUT2D eigenvalue weighted by Gasteiger charge is -2.48. The number of aliphatic hydroxyl groups is 12. The second kappa shape index (κ2) is 14.8. The highest BCUT2D eigenvalue weighted by molar-refractivity contribution is 5.22. The van der Waals surface area contributed by atoms with E-state index in [1.54, 1.807) is 0 Å². The average molecular weight is 645 g/mol. The van der Waals surface area contributed by atoms with Crippen molar-refractivity contribution in [3.63, 3.8) is 0 Å². The molecule has 3 heterocycles. The molecule has 19 nitrogen and oxygen atoms in total. The Morgan fingerprint density at radius 1 is 0.682 bits per heavy atom. The summed E-state index contributed by atoms with van der Waals surface area (Å²) >= 11 is 0. The molecule has 0 spiro atoms. The highest BCUT2D eigenvalue weighted by atomic mass is 16.7. The molecular weight excluding hydrogens is 600 g/mol. The summed E-state index contributed by atoms with van der Waals surface area (Å²) in [5, 5.41) is 126. The van der Waals surface area contributed by atoms with Gasteiger partial charge in [0.05, 0.1) is 38.0 Å². The minimum atomic E-state index is -1.90. The summed E-state index contributed by atoms with van der Waals surface area (Å²) < 4.78 is 27.7. The third kappa shape index (κ3) is 6.96. The summed E-state index contributed by atoms with van der Waals surface area (Å²) in [5.74, 6) is 0. The first-order valence-corrected chi connectivity index (χ1v) is 14.2. The van der Waals surface area contributed by atoms with E-state index in [0.29, 0.717) is 0 Å². The highest BCUT2D eigenvalue weighted by Crippen LogP contribution is 2.32. The molecule has 0 saturated carbocycles. The minimum Gasteiger partial charge on any atom is -0.394 e. The van der Waals surface area contributed by atoms with Gasteiger partial charge in [0, 0.05) is 0 Å². The standard InChI is InChI=1S/C25H44N2O17/c1-6-11(27-8-2-7(3-28)12(31)15(34)13(8)32)14(33)19(38)24(40-6)43-22-10(5-30)42-25(20(39)17(22)36)44-21-9(4-29)41-23(26)18(37)16(21)35/h2,6,8-25,27-39H,3-5,26H2,1H3/t6?,8-,9?,10?,11+,12+,13?,14?,15?,16?,17?,18?,19?,20?,21+,22+,23-,24+,25+/m1/s1. The topological polar surface area (TPSA) is 327 Å². The van der Waals surface area contributed by atoms with Crippen LogP contribution < -0.4 is 11.1 Å². The van der Waals surface area contributed by atoms with Crippen molar-refractivity contribution in [3.05, 3.63) is 11.6 Å². The van der Waals surface area contributed by atoms with E-state index in [1.165, 1.54) is 13.0 Å². The van der Waals surface area contributed by atoms with Gasteiger partial charge in [-0.1, -0.05) is 6.08 Å². The monoisotopic (exact) mass is 644 g/mol. The van der Waals surface area contributed by atoms with E-state index in [-0.39, 0.29) is 5.57 Å². The predicted molar refractivity (Wildman–Crippen MR) is 140 cm³/mol. The van der Waals surface area contributed by atoms with Crippen LogP contribution in [0.5, 0.6) is 0 Å². The Balaban J connectivity index is 1.42. The van der Waals surface area contributed by atoms with Crippen molar-refractivity contribution in [1.82, 2.24) is 5.32 Å². The molecule has 4 aliphatic rings. The number of nitrogens with one attached hydrogen (secondary N) is 1. The molecule has 0 aromatic carbocycles. The largest absolute Gasteiger partial charge is 0.394 e. The Morgan fingerprint density at radius 3 is 1.77 bits per heavy atom. The molecule has 0 radical (unpaired) electrons. The third-order valence-electron chi connectivity index (χ3n) is 8.54. The lowest BCUT2D eigenvalue weighted by atomic mass is 9.86. The average Bonchev–Trinajstić information content (AvgIpc) is 3.00. The summed E-state index contributed by atoms with van der Waals surface area (Å²) in [4.78, 5) is 0. The van der Waals surface area contributed by atoms with Crippen molar-refractivity contribution in [2.75, 3.05) is 19.8 Å². The van der Waals surface area contributed by atoms with Crippen LogP contribution in [0.1, 0.15) is 6.92 Å². The van der Waals surface area contributed by atoms with E-state index in [1.807, 2.05) is 0 Å². The molecule has 44 heavy (non-hydrogen) atoms. The van der Waals surface area contributed by atoms with E-state index in [0.717, 1.165) is 0 Å². The highest BCUT2D eigenvalue weighted by Gasteiger charge is 2.53. The van der Waals surface area contributed by atoms with Crippen LogP contribution in [0.15, 0.2) is 11.6 Å².